The van der Waals surface area contributed by atoms with Crippen LogP contribution in [0, 0.1) is 11.3 Å². The summed E-state index contributed by atoms with van der Waals surface area (Å²) in [5, 5.41) is 12.2. The molecule has 0 aliphatic heterocycles. The maximum atomic E-state index is 11.7. The Morgan fingerprint density at radius 2 is 2.27 bits per heavy atom. The van der Waals surface area contributed by atoms with Crippen LogP contribution in [0.15, 0.2) is 18.2 Å². The van der Waals surface area contributed by atoms with Crippen LogP contribution in [0.4, 0.5) is 0 Å². The van der Waals surface area contributed by atoms with E-state index in [1.165, 1.54) is 6.07 Å². The zero-order chi connectivity index (χ0) is 10.8. The first-order valence-electron chi connectivity index (χ1n) is 4.71. The molecule has 1 aliphatic rings. The highest BCUT2D eigenvalue weighted by Gasteiger charge is 2.24. The van der Waals surface area contributed by atoms with E-state index in [0.29, 0.717) is 22.2 Å². The summed E-state index contributed by atoms with van der Waals surface area (Å²) in [6, 6.07) is 6.96. The lowest BCUT2D eigenvalue weighted by atomic mass is 10.1. The first-order valence-corrected chi connectivity index (χ1v) is 5.09. The molecule has 0 aromatic heterocycles. The molecule has 76 valence electrons. The third kappa shape index (κ3) is 2.28. The molecule has 0 saturated heterocycles. The number of amides is 1. The molecule has 0 atom stereocenters. The van der Waals surface area contributed by atoms with E-state index in [1.807, 2.05) is 6.07 Å². The molecule has 1 fully saturated rings. The largest absolute Gasteiger partial charge is 0.349 e. The van der Waals surface area contributed by atoms with Crippen molar-refractivity contribution in [3.8, 4) is 6.07 Å². The fraction of sp³-hybridized carbons (Fsp3) is 0.273. The van der Waals surface area contributed by atoms with Gasteiger partial charge in [-0.15, -0.1) is 0 Å². The zero-order valence-corrected chi connectivity index (χ0v) is 8.71. The normalized spacial score (nSPS) is 14.4. The van der Waals surface area contributed by atoms with Crippen LogP contribution in [-0.4, -0.2) is 11.9 Å². The van der Waals surface area contributed by atoms with E-state index < -0.39 is 0 Å². The fourth-order valence-corrected chi connectivity index (χ4v) is 1.47. The lowest BCUT2D eigenvalue weighted by Gasteiger charge is -2.04. The Hall–Kier alpha value is -1.53. The highest BCUT2D eigenvalue weighted by molar-refractivity contribution is 6.30. The van der Waals surface area contributed by atoms with E-state index in [-0.39, 0.29) is 5.91 Å². The summed E-state index contributed by atoms with van der Waals surface area (Å²) < 4.78 is 0. The predicted octanol–water partition coefficient (Wildman–Crippen LogP) is 2.10. The molecule has 3 nitrogen and oxygen atoms in total. The number of halogens is 1. The van der Waals surface area contributed by atoms with Crippen molar-refractivity contribution in [2.24, 2.45) is 0 Å². The number of carbonyl (C=O) groups excluding carboxylic acids is 1. The van der Waals surface area contributed by atoms with Crippen LogP contribution < -0.4 is 5.32 Å². The minimum absolute atomic E-state index is 0.189. The Morgan fingerprint density at radius 1 is 1.53 bits per heavy atom. The van der Waals surface area contributed by atoms with Gasteiger partial charge in [0.15, 0.2) is 0 Å². The Morgan fingerprint density at radius 3 is 2.87 bits per heavy atom. The molecule has 0 spiro atoms. The topological polar surface area (TPSA) is 52.9 Å². The average Bonchev–Trinajstić information content (AvgIpc) is 3.01. The number of nitrogens with zero attached hydrogens (tertiary/aromatic N) is 1. The molecule has 0 heterocycles. The van der Waals surface area contributed by atoms with Crippen molar-refractivity contribution < 1.29 is 4.79 Å². The number of nitrogens with one attached hydrogen (secondary N) is 1. The smallest absolute Gasteiger partial charge is 0.252 e. The van der Waals surface area contributed by atoms with Crippen molar-refractivity contribution in [2.45, 2.75) is 18.9 Å². The maximum Gasteiger partial charge on any atom is 0.252 e. The van der Waals surface area contributed by atoms with E-state index in [0.717, 1.165) is 12.8 Å². The van der Waals surface area contributed by atoms with Gasteiger partial charge in [0.2, 0.25) is 0 Å². The van der Waals surface area contributed by atoms with Gasteiger partial charge in [-0.2, -0.15) is 5.26 Å². The van der Waals surface area contributed by atoms with Gasteiger partial charge in [-0.25, -0.2) is 0 Å². The number of nitriles is 1. The number of carbonyl (C=O) groups is 1. The zero-order valence-electron chi connectivity index (χ0n) is 7.96. The molecule has 1 amide bonds. The van der Waals surface area contributed by atoms with Gasteiger partial charge in [0.25, 0.3) is 5.91 Å². The number of hydrogen-bond donors (Lipinski definition) is 1. The van der Waals surface area contributed by atoms with E-state index in [9.17, 15) is 4.79 Å². The SMILES string of the molecule is N#Cc1cc(Cl)ccc1C(=O)NC1CC1. The summed E-state index contributed by atoms with van der Waals surface area (Å²) in [7, 11) is 0. The summed E-state index contributed by atoms with van der Waals surface area (Å²) >= 11 is 5.74. The van der Waals surface area contributed by atoms with E-state index in [2.05, 4.69) is 5.32 Å². The first kappa shape index (κ1) is 10.0. The van der Waals surface area contributed by atoms with Crippen molar-refractivity contribution in [3.05, 3.63) is 34.3 Å². The standard InChI is InChI=1S/C11H9ClN2O/c12-8-1-4-10(7(5-8)6-13)11(15)14-9-2-3-9/h1,4-5,9H,2-3H2,(H,14,15). The first-order chi connectivity index (χ1) is 7.20. The summed E-state index contributed by atoms with van der Waals surface area (Å²) in [6.45, 7) is 0. The van der Waals surface area contributed by atoms with Gasteiger partial charge in [-0.05, 0) is 31.0 Å². The van der Waals surface area contributed by atoms with Crippen LogP contribution >= 0.6 is 11.6 Å². The van der Waals surface area contributed by atoms with Crippen LogP contribution in [0.5, 0.6) is 0 Å². The minimum atomic E-state index is -0.189. The molecule has 15 heavy (non-hydrogen) atoms. The maximum absolute atomic E-state index is 11.7. The molecule has 1 saturated carbocycles. The summed E-state index contributed by atoms with van der Waals surface area (Å²) in [5.74, 6) is -0.189. The van der Waals surface area contributed by atoms with E-state index in [1.54, 1.807) is 12.1 Å². The Balaban J connectivity index is 2.26. The van der Waals surface area contributed by atoms with Gasteiger partial charge in [0.1, 0.15) is 6.07 Å². The second kappa shape index (κ2) is 3.92. The monoisotopic (exact) mass is 220 g/mol. The quantitative estimate of drug-likeness (QED) is 0.830. The van der Waals surface area contributed by atoms with Gasteiger partial charge in [-0.1, -0.05) is 11.6 Å². The highest BCUT2D eigenvalue weighted by Crippen LogP contribution is 2.21. The molecular weight excluding hydrogens is 212 g/mol. The van der Waals surface area contributed by atoms with Gasteiger partial charge in [-0.3, -0.25) is 4.79 Å². The highest BCUT2D eigenvalue weighted by atomic mass is 35.5. The molecule has 2 rings (SSSR count). The number of rotatable bonds is 2. The van der Waals surface area contributed by atoms with Crippen molar-refractivity contribution >= 4 is 17.5 Å². The second-order valence-electron chi connectivity index (χ2n) is 3.55. The van der Waals surface area contributed by atoms with Crippen molar-refractivity contribution in [3.63, 3.8) is 0 Å². The van der Waals surface area contributed by atoms with Crippen LogP contribution in [0.1, 0.15) is 28.8 Å². The lowest BCUT2D eigenvalue weighted by Crippen LogP contribution is -2.26. The minimum Gasteiger partial charge on any atom is -0.349 e. The fourth-order valence-electron chi connectivity index (χ4n) is 1.30. The molecule has 0 radical (unpaired) electrons. The third-order valence-corrected chi connectivity index (χ3v) is 2.49. The Kier molecular flexibility index (Phi) is 2.61. The molecule has 1 aromatic rings. The van der Waals surface area contributed by atoms with Crippen LogP contribution in [0.25, 0.3) is 0 Å². The van der Waals surface area contributed by atoms with Crippen molar-refractivity contribution in [1.29, 1.82) is 5.26 Å². The van der Waals surface area contributed by atoms with Gasteiger partial charge in [0, 0.05) is 11.1 Å². The molecule has 4 heteroatoms. The summed E-state index contributed by atoms with van der Waals surface area (Å²) in [6.07, 6.45) is 2.06. The van der Waals surface area contributed by atoms with Gasteiger partial charge >= 0.3 is 0 Å². The van der Waals surface area contributed by atoms with Gasteiger partial charge in [0.05, 0.1) is 11.1 Å². The van der Waals surface area contributed by atoms with Crippen molar-refractivity contribution in [2.75, 3.05) is 0 Å². The van der Waals surface area contributed by atoms with E-state index in [4.69, 9.17) is 16.9 Å². The molecule has 0 unspecified atom stereocenters. The average molecular weight is 221 g/mol. The molecule has 1 aromatic carbocycles. The van der Waals surface area contributed by atoms with Gasteiger partial charge < -0.3 is 5.32 Å². The van der Waals surface area contributed by atoms with Crippen LogP contribution in [-0.2, 0) is 0 Å². The predicted molar refractivity (Wildman–Crippen MR) is 56.7 cm³/mol. The second-order valence-corrected chi connectivity index (χ2v) is 3.99. The molecule has 0 bridgehead atoms. The lowest BCUT2D eigenvalue weighted by molar-refractivity contribution is 0.0951. The Bertz CT molecular complexity index is 446. The molecule has 1 N–H and O–H groups in total. The number of benzene rings is 1. The Labute approximate surface area is 92.7 Å². The number of hydrogen-bond acceptors (Lipinski definition) is 2. The van der Waals surface area contributed by atoms with Crippen LogP contribution in [0.2, 0.25) is 5.02 Å². The summed E-state index contributed by atoms with van der Waals surface area (Å²) in [4.78, 5) is 11.7. The molecular formula is C11H9ClN2O. The summed E-state index contributed by atoms with van der Waals surface area (Å²) in [5.41, 5.74) is 0.717. The third-order valence-electron chi connectivity index (χ3n) is 2.26. The van der Waals surface area contributed by atoms with E-state index >= 15 is 0 Å². The molecule has 1 aliphatic carbocycles. The van der Waals surface area contributed by atoms with Crippen molar-refractivity contribution in [1.82, 2.24) is 5.32 Å². The van der Waals surface area contributed by atoms with Crippen LogP contribution in [0.3, 0.4) is 0 Å².